The maximum atomic E-state index is 5.88. The number of rotatable bonds is 3. The quantitative estimate of drug-likeness (QED) is 0.675. The molecule has 1 aromatic heterocycles. The van der Waals surface area contributed by atoms with Crippen LogP contribution >= 0.6 is 23.4 Å². The number of hydrogen-bond donors (Lipinski definition) is 1. The number of anilines is 1. The Balaban J connectivity index is 2.07. The van der Waals surface area contributed by atoms with E-state index in [9.17, 15) is 0 Å². The molecule has 0 spiro atoms. The minimum absolute atomic E-state index is 0.565. The zero-order chi connectivity index (χ0) is 11.5. The van der Waals surface area contributed by atoms with Crippen LogP contribution in [0.5, 0.6) is 0 Å². The van der Waals surface area contributed by atoms with Crippen LogP contribution in [0.4, 0.5) is 5.69 Å². The molecule has 16 heavy (non-hydrogen) atoms. The second-order valence-electron chi connectivity index (χ2n) is 3.20. The molecule has 0 saturated heterocycles. The molecule has 0 radical (unpaired) electrons. The van der Waals surface area contributed by atoms with Crippen molar-refractivity contribution in [3.8, 4) is 0 Å². The van der Waals surface area contributed by atoms with Crippen LogP contribution in [-0.4, -0.2) is 10.1 Å². The van der Waals surface area contributed by atoms with E-state index in [1.807, 2.05) is 6.07 Å². The van der Waals surface area contributed by atoms with Crippen molar-refractivity contribution >= 4 is 29.1 Å². The van der Waals surface area contributed by atoms with E-state index in [-0.39, 0.29) is 0 Å². The van der Waals surface area contributed by atoms with E-state index in [4.69, 9.17) is 21.9 Å². The van der Waals surface area contributed by atoms with Crippen molar-refractivity contribution in [3.05, 3.63) is 34.9 Å². The highest BCUT2D eigenvalue weighted by atomic mass is 35.5. The third-order valence-electron chi connectivity index (χ3n) is 1.90. The third-order valence-corrected chi connectivity index (χ3v) is 3.20. The summed E-state index contributed by atoms with van der Waals surface area (Å²) in [4.78, 5) is 5.03. The van der Waals surface area contributed by atoms with Gasteiger partial charge in [-0.05, 0) is 18.2 Å². The van der Waals surface area contributed by atoms with E-state index < -0.39 is 0 Å². The molecule has 6 heteroatoms. The molecule has 0 bridgehead atoms. The summed E-state index contributed by atoms with van der Waals surface area (Å²) < 4.78 is 4.88. The van der Waals surface area contributed by atoms with Crippen molar-refractivity contribution in [3.63, 3.8) is 0 Å². The fourth-order valence-electron chi connectivity index (χ4n) is 1.18. The van der Waals surface area contributed by atoms with Gasteiger partial charge in [0.25, 0.3) is 0 Å². The highest BCUT2D eigenvalue weighted by molar-refractivity contribution is 7.98. The fraction of sp³-hybridized carbons (Fsp3) is 0.200. The van der Waals surface area contributed by atoms with Gasteiger partial charge in [-0.15, -0.1) is 11.8 Å². The molecule has 4 nitrogen and oxygen atoms in total. The number of nitrogens with zero attached hydrogens (tertiary/aromatic N) is 2. The minimum atomic E-state index is 0.565. The Morgan fingerprint density at radius 3 is 3.00 bits per heavy atom. The van der Waals surface area contributed by atoms with E-state index in [0.29, 0.717) is 28.2 Å². The first-order chi connectivity index (χ1) is 7.65. The maximum absolute atomic E-state index is 5.88. The Kier molecular flexibility index (Phi) is 3.36. The second kappa shape index (κ2) is 4.76. The van der Waals surface area contributed by atoms with Crippen LogP contribution in [0, 0.1) is 6.92 Å². The van der Waals surface area contributed by atoms with Crippen LogP contribution < -0.4 is 5.73 Å². The van der Waals surface area contributed by atoms with Gasteiger partial charge in [-0.25, -0.2) is 0 Å². The van der Waals surface area contributed by atoms with E-state index in [2.05, 4.69) is 10.1 Å². The molecule has 0 aliphatic carbocycles. The van der Waals surface area contributed by atoms with Gasteiger partial charge in [-0.2, -0.15) is 4.98 Å². The van der Waals surface area contributed by atoms with Crippen LogP contribution in [0.3, 0.4) is 0 Å². The molecule has 84 valence electrons. The molecule has 0 atom stereocenters. The monoisotopic (exact) mass is 255 g/mol. The summed E-state index contributed by atoms with van der Waals surface area (Å²) in [6, 6.07) is 5.38. The van der Waals surface area contributed by atoms with Gasteiger partial charge >= 0.3 is 0 Å². The van der Waals surface area contributed by atoms with Crippen molar-refractivity contribution in [2.24, 2.45) is 0 Å². The number of thioether (sulfide) groups is 1. The average Bonchev–Trinajstić information content (AvgIpc) is 2.66. The lowest BCUT2D eigenvalue weighted by Gasteiger charge is -2.03. The van der Waals surface area contributed by atoms with Crippen molar-refractivity contribution in [1.29, 1.82) is 0 Å². The third kappa shape index (κ3) is 2.68. The molecule has 2 aromatic rings. The Hall–Kier alpha value is -1.20. The molecule has 0 fully saturated rings. The molecule has 0 amide bonds. The number of nitrogens with two attached hydrogens (primary N) is 1. The minimum Gasteiger partial charge on any atom is -0.398 e. The van der Waals surface area contributed by atoms with E-state index in [1.165, 1.54) is 11.8 Å². The molecule has 0 saturated carbocycles. The summed E-state index contributed by atoms with van der Waals surface area (Å²) in [6.45, 7) is 1.76. The van der Waals surface area contributed by atoms with E-state index in [0.717, 1.165) is 4.90 Å². The molecular weight excluding hydrogens is 246 g/mol. The van der Waals surface area contributed by atoms with Crippen molar-refractivity contribution in [2.45, 2.75) is 17.6 Å². The summed E-state index contributed by atoms with van der Waals surface area (Å²) in [5.74, 6) is 1.83. The topological polar surface area (TPSA) is 64.9 Å². The second-order valence-corrected chi connectivity index (χ2v) is 4.65. The van der Waals surface area contributed by atoms with Gasteiger partial charge in [0.2, 0.25) is 5.89 Å². The molecular formula is C10H10ClN3OS. The van der Waals surface area contributed by atoms with E-state index >= 15 is 0 Å². The average molecular weight is 256 g/mol. The molecule has 2 rings (SSSR count). The normalized spacial score (nSPS) is 10.6. The van der Waals surface area contributed by atoms with Gasteiger partial charge in [0.1, 0.15) is 0 Å². The van der Waals surface area contributed by atoms with Gasteiger partial charge in [0.15, 0.2) is 5.82 Å². The van der Waals surface area contributed by atoms with Gasteiger partial charge < -0.3 is 10.3 Å². The van der Waals surface area contributed by atoms with Crippen LogP contribution in [-0.2, 0) is 5.75 Å². The van der Waals surface area contributed by atoms with Crippen LogP contribution in [0.25, 0.3) is 0 Å². The Labute approximate surface area is 102 Å². The lowest BCUT2D eigenvalue weighted by Crippen LogP contribution is -1.90. The summed E-state index contributed by atoms with van der Waals surface area (Å²) in [7, 11) is 0. The largest absolute Gasteiger partial charge is 0.398 e. The van der Waals surface area contributed by atoms with Crippen LogP contribution in [0.1, 0.15) is 11.7 Å². The Morgan fingerprint density at radius 1 is 1.50 bits per heavy atom. The molecule has 0 aliphatic rings. The fourth-order valence-corrected chi connectivity index (χ4v) is 2.26. The predicted octanol–water partition coefficient (Wildman–Crippen LogP) is 2.91. The number of benzene rings is 1. The molecule has 2 N–H and O–H groups in total. The standard InChI is InChI=1S/C10H10ClN3OS/c1-6-13-10(14-15-6)5-16-9-4-7(11)2-3-8(9)12/h2-4H,5,12H2,1H3. The van der Waals surface area contributed by atoms with Crippen LogP contribution in [0.2, 0.25) is 5.02 Å². The predicted molar refractivity (Wildman–Crippen MR) is 64.5 cm³/mol. The maximum Gasteiger partial charge on any atom is 0.223 e. The summed E-state index contributed by atoms with van der Waals surface area (Å²) in [5, 5.41) is 4.47. The van der Waals surface area contributed by atoms with Crippen molar-refractivity contribution in [1.82, 2.24) is 10.1 Å². The molecule has 1 heterocycles. The molecule has 1 aromatic carbocycles. The molecule has 0 unspecified atom stereocenters. The first-order valence-electron chi connectivity index (χ1n) is 4.62. The number of nitrogen functional groups attached to an aromatic ring is 1. The zero-order valence-electron chi connectivity index (χ0n) is 8.61. The summed E-state index contributed by atoms with van der Waals surface area (Å²) in [5.41, 5.74) is 6.52. The van der Waals surface area contributed by atoms with Gasteiger partial charge in [0, 0.05) is 22.5 Å². The summed E-state index contributed by atoms with van der Waals surface area (Å²) in [6.07, 6.45) is 0. The van der Waals surface area contributed by atoms with Gasteiger partial charge in [-0.3, -0.25) is 0 Å². The van der Waals surface area contributed by atoms with Crippen molar-refractivity contribution < 1.29 is 4.52 Å². The molecule has 0 aliphatic heterocycles. The number of hydrogen-bond acceptors (Lipinski definition) is 5. The summed E-state index contributed by atoms with van der Waals surface area (Å²) >= 11 is 7.42. The van der Waals surface area contributed by atoms with Gasteiger partial charge in [0.05, 0.1) is 5.75 Å². The van der Waals surface area contributed by atoms with Crippen LogP contribution in [0.15, 0.2) is 27.6 Å². The first-order valence-corrected chi connectivity index (χ1v) is 5.98. The number of aromatic nitrogens is 2. The number of aryl methyl sites for hydroxylation is 1. The van der Waals surface area contributed by atoms with E-state index in [1.54, 1.807) is 19.1 Å². The highest BCUT2D eigenvalue weighted by Crippen LogP contribution is 2.29. The smallest absolute Gasteiger partial charge is 0.223 e. The highest BCUT2D eigenvalue weighted by Gasteiger charge is 2.06. The lowest BCUT2D eigenvalue weighted by atomic mass is 10.3. The SMILES string of the molecule is Cc1nc(CSc2cc(Cl)ccc2N)no1. The van der Waals surface area contributed by atoms with Crippen molar-refractivity contribution in [2.75, 3.05) is 5.73 Å². The lowest BCUT2D eigenvalue weighted by molar-refractivity contribution is 0.389. The van der Waals surface area contributed by atoms with Gasteiger partial charge in [-0.1, -0.05) is 16.8 Å². The zero-order valence-corrected chi connectivity index (χ0v) is 10.2. The Bertz CT molecular complexity index is 501. The first kappa shape index (κ1) is 11.3. The number of halogens is 1. The Morgan fingerprint density at radius 2 is 2.31 bits per heavy atom.